The highest BCUT2D eigenvalue weighted by Gasteiger charge is 2.27. The van der Waals surface area contributed by atoms with Crippen molar-refractivity contribution in [2.45, 2.75) is 30.0 Å². The van der Waals surface area contributed by atoms with Crippen LogP contribution in [0.15, 0.2) is 15.7 Å². The van der Waals surface area contributed by atoms with E-state index in [0.29, 0.717) is 19.1 Å². The fourth-order valence-corrected chi connectivity index (χ4v) is 4.22. The van der Waals surface area contributed by atoms with Gasteiger partial charge in [-0.15, -0.1) is 11.3 Å². The second-order valence-corrected chi connectivity index (χ2v) is 7.62. The maximum atomic E-state index is 12.0. The van der Waals surface area contributed by atoms with Gasteiger partial charge in [0.05, 0.1) is 5.56 Å². The van der Waals surface area contributed by atoms with Gasteiger partial charge in [-0.2, -0.15) is 0 Å². The summed E-state index contributed by atoms with van der Waals surface area (Å²) in [6, 6.07) is 1.79. The van der Waals surface area contributed by atoms with Gasteiger partial charge in [0.1, 0.15) is 4.21 Å². The lowest BCUT2D eigenvalue weighted by molar-refractivity contribution is 0.0697. The summed E-state index contributed by atoms with van der Waals surface area (Å²) in [4.78, 5) is 13.0. The molecule has 1 aromatic heterocycles. The van der Waals surface area contributed by atoms with Crippen molar-refractivity contribution in [1.29, 1.82) is 0 Å². The van der Waals surface area contributed by atoms with Crippen LogP contribution in [0, 0.1) is 0 Å². The highest BCUT2D eigenvalue weighted by Crippen LogP contribution is 2.26. The molecule has 0 atom stereocenters. The van der Waals surface area contributed by atoms with E-state index in [9.17, 15) is 13.2 Å². The predicted octanol–water partition coefficient (Wildman–Crippen LogP) is 1.21. The quantitative estimate of drug-likeness (QED) is 0.752. The number of rotatable bonds is 8. The zero-order valence-corrected chi connectivity index (χ0v) is 12.8. The van der Waals surface area contributed by atoms with Gasteiger partial charge in [0, 0.05) is 24.5 Å². The van der Waals surface area contributed by atoms with E-state index in [-0.39, 0.29) is 9.77 Å². The molecule has 0 unspecified atom stereocenters. The summed E-state index contributed by atoms with van der Waals surface area (Å²) in [7, 11) is -3.60. The Morgan fingerprint density at radius 2 is 2.25 bits per heavy atom. The fraction of sp³-hybridized carbons (Fsp3) is 0.583. The number of hydrogen-bond acceptors (Lipinski definition) is 5. The Bertz CT molecular complexity index is 578. The Morgan fingerprint density at radius 1 is 1.55 bits per heavy atom. The Labute approximate surface area is 122 Å². The zero-order valence-electron chi connectivity index (χ0n) is 11.2. The van der Waals surface area contributed by atoms with E-state index < -0.39 is 16.0 Å². The van der Waals surface area contributed by atoms with Crippen LogP contribution in [-0.4, -0.2) is 50.1 Å². The van der Waals surface area contributed by atoms with Gasteiger partial charge < -0.3 is 5.11 Å². The van der Waals surface area contributed by atoms with Gasteiger partial charge in [0.2, 0.25) is 10.0 Å². The predicted molar refractivity (Wildman–Crippen MR) is 76.7 cm³/mol. The summed E-state index contributed by atoms with van der Waals surface area (Å²) in [5, 5.41) is 10.1. The van der Waals surface area contributed by atoms with Gasteiger partial charge >= 0.3 is 5.97 Å². The molecule has 0 saturated heterocycles. The maximum Gasteiger partial charge on any atom is 0.336 e. The van der Waals surface area contributed by atoms with E-state index in [4.69, 9.17) is 5.11 Å². The lowest BCUT2D eigenvalue weighted by Gasteiger charge is -2.19. The molecule has 1 aliphatic carbocycles. The first kappa shape index (κ1) is 15.4. The van der Waals surface area contributed by atoms with Gasteiger partial charge in [-0.1, -0.05) is 6.92 Å². The maximum absolute atomic E-state index is 12.0. The van der Waals surface area contributed by atoms with Crippen molar-refractivity contribution in [2.75, 3.05) is 19.6 Å². The molecule has 1 aliphatic rings. The summed E-state index contributed by atoms with van der Waals surface area (Å²) in [6.45, 7) is 3.99. The first-order valence-electron chi connectivity index (χ1n) is 6.49. The average molecular weight is 318 g/mol. The van der Waals surface area contributed by atoms with E-state index in [1.54, 1.807) is 0 Å². The molecule has 2 rings (SSSR count). The zero-order chi connectivity index (χ0) is 14.8. The van der Waals surface area contributed by atoms with E-state index in [0.717, 1.165) is 17.9 Å². The van der Waals surface area contributed by atoms with Gasteiger partial charge in [-0.3, -0.25) is 4.90 Å². The van der Waals surface area contributed by atoms with Crippen LogP contribution in [0.1, 0.15) is 30.1 Å². The molecule has 1 saturated carbocycles. The van der Waals surface area contributed by atoms with Crippen molar-refractivity contribution < 1.29 is 18.3 Å². The second-order valence-electron chi connectivity index (χ2n) is 4.72. The summed E-state index contributed by atoms with van der Waals surface area (Å²) >= 11 is 0.923. The number of likely N-dealkylation sites (N-methyl/N-ethyl adjacent to an activating group) is 1. The first-order chi connectivity index (χ1) is 9.44. The van der Waals surface area contributed by atoms with E-state index in [1.807, 2.05) is 0 Å². The average Bonchev–Trinajstić information content (AvgIpc) is 3.08. The Morgan fingerprint density at radius 3 is 2.75 bits per heavy atom. The van der Waals surface area contributed by atoms with Crippen LogP contribution in [0.2, 0.25) is 0 Å². The molecule has 0 radical (unpaired) electrons. The monoisotopic (exact) mass is 318 g/mol. The number of carboxylic acid groups (broad SMARTS) is 1. The van der Waals surface area contributed by atoms with Crippen LogP contribution >= 0.6 is 11.3 Å². The standard InChI is InChI=1S/C12H18N2O4S2/c1-2-14(10-3-4-10)6-5-13-20(17,18)11-7-9(8-19-11)12(15)16/h7-8,10,13H,2-6H2,1H3,(H,15,16). The normalized spacial score (nSPS) is 15.7. The van der Waals surface area contributed by atoms with Crippen molar-refractivity contribution in [1.82, 2.24) is 9.62 Å². The van der Waals surface area contributed by atoms with Gasteiger partial charge in [0.15, 0.2) is 0 Å². The molecule has 1 heterocycles. The number of thiophene rings is 1. The number of aromatic carboxylic acids is 1. The molecular formula is C12H18N2O4S2. The first-order valence-corrected chi connectivity index (χ1v) is 8.86. The minimum absolute atomic E-state index is 0.00328. The SMILES string of the molecule is CCN(CCNS(=O)(=O)c1cc(C(=O)O)cs1)C1CC1. The van der Waals surface area contributed by atoms with Crippen molar-refractivity contribution in [3.63, 3.8) is 0 Å². The third kappa shape index (κ3) is 3.78. The van der Waals surface area contributed by atoms with Crippen LogP contribution in [0.25, 0.3) is 0 Å². The lowest BCUT2D eigenvalue weighted by atomic mass is 10.4. The molecule has 8 heteroatoms. The summed E-state index contributed by atoms with van der Waals surface area (Å²) in [6.07, 6.45) is 2.38. The topological polar surface area (TPSA) is 86.7 Å². The van der Waals surface area contributed by atoms with Crippen molar-refractivity contribution >= 4 is 27.3 Å². The van der Waals surface area contributed by atoms with Crippen LogP contribution in [-0.2, 0) is 10.0 Å². The molecule has 1 fully saturated rings. The van der Waals surface area contributed by atoms with Crippen molar-refractivity contribution in [3.8, 4) is 0 Å². The Kier molecular flexibility index (Phi) is 4.79. The molecule has 1 aromatic rings. The molecule has 0 aromatic carbocycles. The van der Waals surface area contributed by atoms with Crippen LogP contribution in [0.4, 0.5) is 0 Å². The highest BCUT2D eigenvalue weighted by molar-refractivity contribution is 7.91. The summed E-state index contributed by atoms with van der Waals surface area (Å²) in [5.74, 6) is -1.12. The second kappa shape index (κ2) is 6.21. The smallest absolute Gasteiger partial charge is 0.336 e. The molecule has 0 spiro atoms. The van der Waals surface area contributed by atoms with Gasteiger partial charge in [-0.25, -0.2) is 17.9 Å². The Balaban J connectivity index is 1.91. The molecular weight excluding hydrogens is 300 g/mol. The number of sulfonamides is 1. The van der Waals surface area contributed by atoms with E-state index in [1.165, 1.54) is 24.3 Å². The van der Waals surface area contributed by atoms with Crippen molar-refractivity contribution in [2.24, 2.45) is 0 Å². The van der Waals surface area contributed by atoms with Gasteiger partial charge in [-0.05, 0) is 25.5 Å². The van der Waals surface area contributed by atoms with Crippen LogP contribution in [0.3, 0.4) is 0 Å². The minimum Gasteiger partial charge on any atom is -0.478 e. The van der Waals surface area contributed by atoms with Crippen molar-refractivity contribution in [3.05, 3.63) is 17.0 Å². The molecule has 0 bridgehead atoms. The molecule has 6 nitrogen and oxygen atoms in total. The third-order valence-electron chi connectivity index (χ3n) is 3.25. The summed E-state index contributed by atoms with van der Waals surface area (Å²) in [5.41, 5.74) is 0.00328. The number of nitrogens with one attached hydrogen (secondary N) is 1. The molecule has 0 aliphatic heterocycles. The number of carboxylic acids is 1. The largest absolute Gasteiger partial charge is 0.478 e. The fourth-order valence-electron chi connectivity index (χ4n) is 2.00. The van der Waals surface area contributed by atoms with E-state index in [2.05, 4.69) is 16.5 Å². The molecule has 2 N–H and O–H groups in total. The van der Waals surface area contributed by atoms with Crippen LogP contribution in [0.5, 0.6) is 0 Å². The Hall–Kier alpha value is -0.960. The molecule has 20 heavy (non-hydrogen) atoms. The number of nitrogens with zero attached hydrogens (tertiary/aromatic N) is 1. The lowest BCUT2D eigenvalue weighted by Crippen LogP contribution is -2.35. The number of carbonyl (C=O) groups is 1. The highest BCUT2D eigenvalue weighted by atomic mass is 32.2. The third-order valence-corrected chi connectivity index (χ3v) is 6.15. The molecule has 0 amide bonds. The van der Waals surface area contributed by atoms with Crippen LogP contribution < -0.4 is 4.72 Å². The van der Waals surface area contributed by atoms with E-state index >= 15 is 0 Å². The number of hydrogen-bond donors (Lipinski definition) is 2. The van der Waals surface area contributed by atoms with Gasteiger partial charge in [0.25, 0.3) is 0 Å². The molecule has 112 valence electrons. The minimum atomic E-state index is -3.60. The summed E-state index contributed by atoms with van der Waals surface area (Å²) < 4.78 is 26.6.